The summed E-state index contributed by atoms with van der Waals surface area (Å²) in [4.78, 5) is 13.9. The summed E-state index contributed by atoms with van der Waals surface area (Å²) in [5, 5.41) is 8.83. The highest BCUT2D eigenvalue weighted by atomic mass is 16.5. The number of rotatable bonds is 5. The topological polar surface area (TPSA) is 53.3 Å². The summed E-state index contributed by atoms with van der Waals surface area (Å²) in [6.45, 7) is 2.00. The van der Waals surface area contributed by atoms with Gasteiger partial charge in [-0.1, -0.05) is 18.2 Å². The predicted octanol–water partition coefficient (Wildman–Crippen LogP) is 2.61. The molecule has 1 aliphatic rings. The molecule has 0 N–H and O–H groups in total. The fraction of sp³-hybridized carbons (Fsp3) is 0.500. The van der Waals surface area contributed by atoms with Gasteiger partial charge in [0.2, 0.25) is 5.91 Å². The van der Waals surface area contributed by atoms with E-state index in [1.807, 2.05) is 35.2 Å². The van der Waals surface area contributed by atoms with E-state index in [4.69, 9.17) is 10.00 Å². The Kier molecular flexibility index (Phi) is 5.43. The highest BCUT2D eigenvalue weighted by molar-refractivity contribution is 5.76. The number of ether oxygens (including phenoxy) is 1. The van der Waals surface area contributed by atoms with Gasteiger partial charge in [0, 0.05) is 25.4 Å². The van der Waals surface area contributed by atoms with Gasteiger partial charge in [-0.25, -0.2) is 0 Å². The second-order valence-corrected chi connectivity index (χ2v) is 5.05. The summed E-state index contributed by atoms with van der Waals surface area (Å²) < 4.78 is 5.56. The van der Waals surface area contributed by atoms with Crippen molar-refractivity contribution >= 4 is 5.91 Å². The standard InChI is InChI=1S/C16H20N2O2/c17-13-14-8-10-18(11-9-14)16(19)7-4-12-20-15-5-2-1-3-6-15/h1-3,5-6,14H,4,7-12H2. The zero-order valence-electron chi connectivity index (χ0n) is 11.6. The van der Waals surface area contributed by atoms with Crippen LogP contribution >= 0.6 is 0 Å². The van der Waals surface area contributed by atoms with Crippen LogP contribution in [0, 0.1) is 17.2 Å². The van der Waals surface area contributed by atoms with Crippen molar-refractivity contribution in [3.63, 3.8) is 0 Å². The normalized spacial score (nSPS) is 15.7. The molecule has 1 aromatic rings. The number of piperidine rings is 1. The lowest BCUT2D eigenvalue weighted by molar-refractivity contribution is -0.132. The molecule has 4 heteroatoms. The smallest absolute Gasteiger partial charge is 0.222 e. The minimum atomic E-state index is 0.125. The Morgan fingerprint density at radius 3 is 2.65 bits per heavy atom. The van der Waals surface area contributed by atoms with Crippen LogP contribution < -0.4 is 4.74 Å². The third-order valence-electron chi connectivity index (χ3n) is 3.58. The first kappa shape index (κ1) is 14.4. The summed E-state index contributed by atoms with van der Waals surface area (Å²) in [6, 6.07) is 11.9. The highest BCUT2D eigenvalue weighted by Crippen LogP contribution is 2.17. The lowest BCUT2D eigenvalue weighted by atomic mass is 9.98. The Morgan fingerprint density at radius 2 is 2.00 bits per heavy atom. The van der Waals surface area contributed by atoms with Gasteiger partial charge < -0.3 is 9.64 Å². The lowest BCUT2D eigenvalue weighted by Gasteiger charge is -2.29. The van der Waals surface area contributed by atoms with E-state index >= 15 is 0 Å². The summed E-state index contributed by atoms with van der Waals surface area (Å²) in [6.07, 6.45) is 2.86. The van der Waals surface area contributed by atoms with Crippen molar-refractivity contribution in [2.75, 3.05) is 19.7 Å². The fourth-order valence-corrected chi connectivity index (χ4v) is 2.35. The van der Waals surface area contributed by atoms with Crippen molar-refractivity contribution in [1.82, 2.24) is 4.90 Å². The summed E-state index contributed by atoms with van der Waals surface area (Å²) >= 11 is 0. The second kappa shape index (κ2) is 7.54. The van der Waals surface area contributed by atoms with Crippen LogP contribution in [0.2, 0.25) is 0 Å². The molecule has 0 saturated carbocycles. The number of carbonyl (C=O) groups is 1. The number of carbonyl (C=O) groups excluding carboxylic acids is 1. The van der Waals surface area contributed by atoms with Gasteiger partial charge in [-0.05, 0) is 31.4 Å². The summed E-state index contributed by atoms with van der Waals surface area (Å²) in [7, 11) is 0. The third kappa shape index (κ3) is 4.27. The molecule has 0 aliphatic carbocycles. The first-order valence-electron chi connectivity index (χ1n) is 7.15. The zero-order chi connectivity index (χ0) is 14.2. The average molecular weight is 272 g/mol. The molecule has 1 fully saturated rings. The third-order valence-corrected chi connectivity index (χ3v) is 3.58. The van der Waals surface area contributed by atoms with Crippen molar-refractivity contribution in [2.45, 2.75) is 25.7 Å². The monoisotopic (exact) mass is 272 g/mol. The molecule has 1 amide bonds. The maximum Gasteiger partial charge on any atom is 0.222 e. The van der Waals surface area contributed by atoms with E-state index in [1.165, 1.54) is 0 Å². The van der Waals surface area contributed by atoms with Gasteiger partial charge in [0.1, 0.15) is 5.75 Å². The SMILES string of the molecule is N#CC1CCN(C(=O)CCCOc2ccccc2)CC1. The van der Waals surface area contributed by atoms with E-state index in [9.17, 15) is 4.79 Å². The first-order valence-corrected chi connectivity index (χ1v) is 7.15. The first-order chi connectivity index (χ1) is 9.79. The molecule has 0 unspecified atom stereocenters. The molecule has 0 radical (unpaired) electrons. The molecule has 0 spiro atoms. The van der Waals surface area contributed by atoms with Gasteiger partial charge in [-0.3, -0.25) is 4.79 Å². The molecule has 106 valence electrons. The number of hydrogen-bond donors (Lipinski definition) is 0. The maximum absolute atomic E-state index is 12.0. The number of amides is 1. The van der Waals surface area contributed by atoms with Crippen molar-refractivity contribution in [1.29, 1.82) is 5.26 Å². The van der Waals surface area contributed by atoms with Crippen LogP contribution in [0.15, 0.2) is 30.3 Å². The molecule has 2 rings (SSSR count). The van der Waals surface area contributed by atoms with Crippen LogP contribution in [-0.4, -0.2) is 30.5 Å². The molecule has 0 atom stereocenters. The summed E-state index contributed by atoms with van der Waals surface area (Å²) in [5.74, 6) is 1.15. The largest absolute Gasteiger partial charge is 0.494 e. The minimum absolute atomic E-state index is 0.125. The van der Waals surface area contributed by atoms with Gasteiger partial charge in [0.05, 0.1) is 12.7 Å². The van der Waals surface area contributed by atoms with Crippen LogP contribution in [0.3, 0.4) is 0 Å². The molecule has 0 aromatic heterocycles. The van der Waals surface area contributed by atoms with Crippen molar-refractivity contribution < 1.29 is 9.53 Å². The van der Waals surface area contributed by atoms with E-state index in [2.05, 4.69) is 6.07 Å². The molecule has 1 heterocycles. The number of hydrogen-bond acceptors (Lipinski definition) is 3. The number of benzene rings is 1. The van der Waals surface area contributed by atoms with Gasteiger partial charge in [-0.15, -0.1) is 0 Å². The molecule has 0 bridgehead atoms. The fourth-order valence-electron chi connectivity index (χ4n) is 2.35. The molecule has 20 heavy (non-hydrogen) atoms. The maximum atomic E-state index is 12.0. The van der Waals surface area contributed by atoms with E-state index in [0.29, 0.717) is 13.0 Å². The Bertz CT molecular complexity index is 459. The highest BCUT2D eigenvalue weighted by Gasteiger charge is 2.21. The number of nitrogens with zero attached hydrogens (tertiary/aromatic N) is 2. The van der Waals surface area contributed by atoms with Gasteiger partial charge in [0.15, 0.2) is 0 Å². The van der Waals surface area contributed by atoms with Crippen molar-refractivity contribution in [3.05, 3.63) is 30.3 Å². The van der Waals surface area contributed by atoms with Crippen molar-refractivity contribution in [3.8, 4) is 11.8 Å². The summed E-state index contributed by atoms with van der Waals surface area (Å²) in [5.41, 5.74) is 0. The van der Waals surface area contributed by atoms with E-state index in [0.717, 1.165) is 38.1 Å². The van der Waals surface area contributed by atoms with Crippen LogP contribution in [0.25, 0.3) is 0 Å². The van der Waals surface area contributed by atoms with Crippen molar-refractivity contribution in [2.24, 2.45) is 5.92 Å². The Morgan fingerprint density at radius 1 is 1.30 bits per heavy atom. The molecule has 1 aromatic carbocycles. The molecular formula is C16H20N2O2. The van der Waals surface area contributed by atoms with Crippen LogP contribution in [0.1, 0.15) is 25.7 Å². The minimum Gasteiger partial charge on any atom is -0.494 e. The van der Waals surface area contributed by atoms with Gasteiger partial charge in [0.25, 0.3) is 0 Å². The quantitative estimate of drug-likeness (QED) is 0.774. The zero-order valence-corrected chi connectivity index (χ0v) is 11.6. The second-order valence-electron chi connectivity index (χ2n) is 5.05. The lowest BCUT2D eigenvalue weighted by Crippen LogP contribution is -2.38. The number of nitriles is 1. The Labute approximate surface area is 120 Å². The Hall–Kier alpha value is -2.02. The van der Waals surface area contributed by atoms with Crippen LogP contribution in [0.5, 0.6) is 5.75 Å². The predicted molar refractivity (Wildman–Crippen MR) is 76.1 cm³/mol. The average Bonchev–Trinajstić information content (AvgIpc) is 2.52. The van der Waals surface area contributed by atoms with E-state index in [-0.39, 0.29) is 11.8 Å². The molecule has 1 aliphatic heterocycles. The van der Waals surface area contributed by atoms with Gasteiger partial charge in [-0.2, -0.15) is 5.26 Å². The molecular weight excluding hydrogens is 252 g/mol. The van der Waals surface area contributed by atoms with Crippen LogP contribution in [-0.2, 0) is 4.79 Å². The molecule has 4 nitrogen and oxygen atoms in total. The van der Waals surface area contributed by atoms with E-state index < -0.39 is 0 Å². The van der Waals surface area contributed by atoms with Gasteiger partial charge >= 0.3 is 0 Å². The van der Waals surface area contributed by atoms with Crippen LogP contribution in [0.4, 0.5) is 0 Å². The number of likely N-dealkylation sites (tertiary alicyclic amines) is 1. The van der Waals surface area contributed by atoms with E-state index in [1.54, 1.807) is 0 Å². The number of para-hydroxylation sites is 1. The molecule has 1 saturated heterocycles. The Balaban J connectivity index is 1.62.